The number of halogens is 6. The van der Waals surface area contributed by atoms with Gasteiger partial charge in [0.05, 0.1) is 11.9 Å². The normalized spacial score (nSPS) is 18.6. The molecule has 0 N–H and O–H groups in total. The molecule has 0 bridgehead atoms. The maximum Gasteiger partial charge on any atom is 0.382 e. The molecule has 2 aromatic rings. The number of aromatic nitrogens is 4. The highest BCUT2D eigenvalue weighted by Gasteiger charge is 2.47. The number of ether oxygens (including phenoxy) is 1. The standard InChI is InChI=1S/C16H13ClF5N5O/c1-8(3-10(18)13(23-2)28-9-4-15(19,20)5-9)11-7-27-12(6-24-11)25-26-14(27)16(17,21)22/h3,6-7,9H,2,4-5H2,1H3/b8-3+,13-10-. The highest BCUT2D eigenvalue weighted by atomic mass is 35.5. The number of hydrogen-bond acceptors (Lipinski definition) is 5. The Bertz CT molecular complexity index is 973. The smallest absolute Gasteiger partial charge is 0.382 e. The van der Waals surface area contributed by atoms with Gasteiger partial charge in [0.15, 0.2) is 11.5 Å². The third-order valence-corrected chi connectivity index (χ3v) is 4.14. The summed E-state index contributed by atoms with van der Waals surface area (Å²) in [7, 11) is 0. The van der Waals surface area contributed by atoms with Crippen molar-refractivity contribution in [2.75, 3.05) is 0 Å². The quantitative estimate of drug-likeness (QED) is 0.227. The topological polar surface area (TPSA) is 64.7 Å². The summed E-state index contributed by atoms with van der Waals surface area (Å²) in [6.45, 7) is 4.61. The first-order valence-corrected chi connectivity index (χ1v) is 8.25. The molecule has 1 saturated carbocycles. The minimum absolute atomic E-state index is 0.0191. The van der Waals surface area contributed by atoms with E-state index in [0.717, 1.165) is 22.9 Å². The van der Waals surface area contributed by atoms with E-state index in [9.17, 15) is 22.0 Å². The first-order valence-electron chi connectivity index (χ1n) is 7.88. The fraction of sp³-hybridized carbons (Fsp3) is 0.375. The first-order chi connectivity index (χ1) is 13.0. The number of rotatable bonds is 6. The monoisotopic (exact) mass is 421 g/mol. The number of fused-ring (bicyclic) bond motifs is 1. The van der Waals surface area contributed by atoms with Crippen molar-refractivity contribution < 1.29 is 26.7 Å². The van der Waals surface area contributed by atoms with Gasteiger partial charge >= 0.3 is 5.38 Å². The van der Waals surface area contributed by atoms with E-state index in [0.29, 0.717) is 0 Å². The molecule has 1 aliphatic rings. The Balaban J connectivity index is 1.88. The van der Waals surface area contributed by atoms with Gasteiger partial charge in [-0.25, -0.2) is 18.2 Å². The highest BCUT2D eigenvalue weighted by Crippen LogP contribution is 2.40. The highest BCUT2D eigenvalue weighted by molar-refractivity contribution is 6.21. The SMILES string of the molecule is C=N/C(OC1CC(F)(F)C1)=C(F)\C=C(/C)c1cn2c(C(F)(F)Cl)nnc2cn1. The fourth-order valence-electron chi connectivity index (χ4n) is 2.54. The Morgan fingerprint density at radius 1 is 1.43 bits per heavy atom. The molecule has 0 saturated heterocycles. The third-order valence-electron chi connectivity index (χ3n) is 3.97. The molecule has 0 spiro atoms. The van der Waals surface area contributed by atoms with Gasteiger partial charge in [-0.1, -0.05) is 0 Å². The van der Waals surface area contributed by atoms with E-state index in [1.54, 1.807) is 0 Å². The van der Waals surface area contributed by atoms with Gasteiger partial charge in [-0.05, 0) is 36.9 Å². The maximum atomic E-state index is 14.4. The van der Waals surface area contributed by atoms with E-state index < -0.39 is 47.8 Å². The fourth-order valence-corrected chi connectivity index (χ4v) is 2.67. The van der Waals surface area contributed by atoms with Crippen LogP contribution in [0.3, 0.4) is 0 Å². The summed E-state index contributed by atoms with van der Waals surface area (Å²) in [4.78, 5) is 7.37. The molecule has 3 rings (SSSR count). The Kier molecular flexibility index (Phi) is 5.13. The van der Waals surface area contributed by atoms with Crippen molar-refractivity contribution in [1.29, 1.82) is 0 Å². The molecule has 1 fully saturated rings. The molecule has 0 radical (unpaired) electrons. The summed E-state index contributed by atoms with van der Waals surface area (Å²) in [5.41, 5.74) is 0.342. The molecule has 0 atom stereocenters. The molecule has 0 amide bonds. The van der Waals surface area contributed by atoms with Gasteiger partial charge in [0, 0.05) is 19.0 Å². The summed E-state index contributed by atoms with van der Waals surface area (Å²) in [5.74, 6) is -5.17. The van der Waals surface area contributed by atoms with Crippen LogP contribution in [0.15, 0.2) is 35.2 Å². The van der Waals surface area contributed by atoms with Crippen LogP contribution in [0.25, 0.3) is 11.2 Å². The average molecular weight is 422 g/mol. The van der Waals surface area contributed by atoms with Gasteiger partial charge < -0.3 is 4.74 Å². The van der Waals surface area contributed by atoms with Gasteiger partial charge in [-0.3, -0.25) is 9.38 Å². The van der Waals surface area contributed by atoms with Crippen molar-refractivity contribution in [1.82, 2.24) is 19.6 Å². The van der Waals surface area contributed by atoms with Crippen LogP contribution >= 0.6 is 11.6 Å². The minimum Gasteiger partial charge on any atom is -0.472 e. The lowest BCUT2D eigenvalue weighted by atomic mass is 9.91. The molecule has 0 aromatic carbocycles. The molecule has 12 heteroatoms. The molecular weight excluding hydrogens is 409 g/mol. The molecule has 2 heterocycles. The van der Waals surface area contributed by atoms with Crippen LogP contribution in [0.2, 0.25) is 0 Å². The Morgan fingerprint density at radius 2 is 2.11 bits per heavy atom. The second-order valence-electron chi connectivity index (χ2n) is 6.16. The van der Waals surface area contributed by atoms with E-state index in [2.05, 4.69) is 26.9 Å². The molecule has 0 unspecified atom stereocenters. The van der Waals surface area contributed by atoms with E-state index in [4.69, 9.17) is 16.3 Å². The maximum absolute atomic E-state index is 14.4. The van der Waals surface area contributed by atoms with Crippen molar-refractivity contribution in [3.05, 3.63) is 41.7 Å². The number of allylic oxidation sites excluding steroid dienone is 3. The van der Waals surface area contributed by atoms with Crippen LogP contribution < -0.4 is 0 Å². The lowest BCUT2D eigenvalue weighted by Crippen LogP contribution is -2.41. The lowest BCUT2D eigenvalue weighted by Gasteiger charge is -2.34. The first kappa shape index (κ1) is 20.2. The van der Waals surface area contributed by atoms with Gasteiger partial charge in [0.1, 0.15) is 6.10 Å². The minimum atomic E-state index is -3.76. The van der Waals surface area contributed by atoms with Crippen LogP contribution in [0.1, 0.15) is 31.3 Å². The Morgan fingerprint density at radius 3 is 2.68 bits per heavy atom. The second-order valence-corrected chi connectivity index (χ2v) is 6.64. The lowest BCUT2D eigenvalue weighted by molar-refractivity contribution is -0.152. The van der Waals surface area contributed by atoms with Gasteiger partial charge in [0.2, 0.25) is 11.7 Å². The number of aliphatic imine (C=N–C) groups is 1. The Labute approximate surface area is 160 Å². The largest absolute Gasteiger partial charge is 0.472 e. The zero-order chi connectivity index (χ0) is 20.7. The summed E-state index contributed by atoms with van der Waals surface area (Å²) in [6.07, 6.45) is 1.35. The summed E-state index contributed by atoms with van der Waals surface area (Å²) in [6, 6.07) is 0. The second kappa shape index (κ2) is 7.12. The number of alkyl halides is 5. The van der Waals surface area contributed by atoms with E-state index in [1.807, 2.05) is 0 Å². The van der Waals surface area contributed by atoms with Gasteiger partial charge in [-0.15, -0.1) is 10.2 Å². The molecule has 1 aliphatic carbocycles. The summed E-state index contributed by atoms with van der Waals surface area (Å²) < 4.78 is 72.9. The van der Waals surface area contributed by atoms with Gasteiger partial charge in [-0.2, -0.15) is 8.78 Å². The van der Waals surface area contributed by atoms with E-state index in [-0.39, 0.29) is 16.9 Å². The number of hydrogen-bond donors (Lipinski definition) is 0. The van der Waals surface area contributed by atoms with Crippen molar-refractivity contribution >= 4 is 29.5 Å². The van der Waals surface area contributed by atoms with E-state index >= 15 is 0 Å². The predicted molar refractivity (Wildman–Crippen MR) is 90.9 cm³/mol. The molecule has 2 aromatic heterocycles. The van der Waals surface area contributed by atoms with Crippen LogP contribution in [-0.2, 0) is 10.1 Å². The van der Waals surface area contributed by atoms with Crippen molar-refractivity contribution in [3.63, 3.8) is 0 Å². The van der Waals surface area contributed by atoms with Crippen LogP contribution in [0.4, 0.5) is 22.0 Å². The van der Waals surface area contributed by atoms with Crippen molar-refractivity contribution in [2.24, 2.45) is 4.99 Å². The predicted octanol–water partition coefficient (Wildman–Crippen LogP) is 4.47. The zero-order valence-electron chi connectivity index (χ0n) is 14.3. The van der Waals surface area contributed by atoms with Gasteiger partial charge in [0.25, 0.3) is 5.92 Å². The molecule has 150 valence electrons. The number of nitrogens with zero attached hydrogens (tertiary/aromatic N) is 5. The molecule has 0 aliphatic heterocycles. The van der Waals surface area contributed by atoms with Crippen LogP contribution in [0.5, 0.6) is 0 Å². The summed E-state index contributed by atoms with van der Waals surface area (Å²) >= 11 is 4.99. The molecule has 6 nitrogen and oxygen atoms in total. The molecule has 28 heavy (non-hydrogen) atoms. The molecular formula is C16H13ClF5N5O. The van der Waals surface area contributed by atoms with Crippen LogP contribution in [-0.4, -0.2) is 38.3 Å². The average Bonchev–Trinajstić information content (AvgIpc) is 3.00. The third kappa shape index (κ3) is 4.13. The Hall–Kier alpha value is -2.56. The van der Waals surface area contributed by atoms with Crippen molar-refractivity contribution in [3.8, 4) is 0 Å². The van der Waals surface area contributed by atoms with Crippen molar-refractivity contribution in [2.45, 2.75) is 37.2 Å². The summed E-state index contributed by atoms with van der Waals surface area (Å²) in [5, 5.41) is 3.08. The van der Waals surface area contributed by atoms with Crippen LogP contribution in [0, 0.1) is 0 Å². The zero-order valence-corrected chi connectivity index (χ0v) is 15.1. The van der Waals surface area contributed by atoms with E-state index in [1.165, 1.54) is 6.92 Å².